The van der Waals surface area contributed by atoms with E-state index in [-0.39, 0.29) is 16.3 Å². The van der Waals surface area contributed by atoms with Crippen molar-refractivity contribution in [3.05, 3.63) is 66.0 Å². The third-order valence-electron chi connectivity index (χ3n) is 4.37. The summed E-state index contributed by atoms with van der Waals surface area (Å²) >= 11 is 1.70. The van der Waals surface area contributed by atoms with E-state index >= 15 is 0 Å². The molecule has 7 heteroatoms. The fourth-order valence-corrected chi connectivity index (χ4v) is 5.52. The molecular formula is C19H22FNO3S2. The monoisotopic (exact) mass is 395 g/mol. The number of halogens is 1. The van der Waals surface area contributed by atoms with Crippen LogP contribution in [0.2, 0.25) is 0 Å². The van der Waals surface area contributed by atoms with Crippen molar-refractivity contribution in [1.82, 2.24) is 4.72 Å². The lowest BCUT2D eigenvalue weighted by atomic mass is 9.99. The van der Waals surface area contributed by atoms with Gasteiger partial charge < -0.3 is 4.74 Å². The van der Waals surface area contributed by atoms with Gasteiger partial charge in [-0.1, -0.05) is 30.3 Å². The molecule has 1 fully saturated rings. The maximum absolute atomic E-state index is 13.0. The Labute approximate surface area is 158 Å². The second-order valence-electron chi connectivity index (χ2n) is 6.42. The van der Waals surface area contributed by atoms with Crippen LogP contribution >= 0.6 is 11.8 Å². The first-order valence-corrected chi connectivity index (χ1v) is 11.0. The fourth-order valence-electron chi connectivity index (χ4n) is 2.89. The van der Waals surface area contributed by atoms with Gasteiger partial charge in [0.25, 0.3) is 0 Å². The van der Waals surface area contributed by atoms with Crippen LogP contribution in [0.25, 0.3) is 0 Å². The summed E-state index contributed by atoms with van der Waals surface area (Å²) in [5.74, 6) is -0.532. The number of ether oxygens (including phenoxy) is 1. The Morgan fingerprint density at radius 2 is 1.69 bits per heavy atom. The summed E-state index contributed by atoms with van der Waals surface area (Å²) in [4.78, 5) is 1.12. The first-order chi connectivity index (χ1) is 12.5. The Balaban J connectivity index is 1.67. The van der Waals surface area contributed by atoms with Crippen molar-refractivity contribution in [3.8, 4) is 0 Å². The fraction of sp³-hybridized carbons (Fsp3) is 0.368. The highest BCUT2D eigenvalue weighted by atomic mass is 32.2. The first-order valence-electron chi connectivity index (χ1n) is 8.50. The molecule has 1 aliphatic rings. The van der Waals surface area contributed by atoms with Gasteiger partial charge >= 0.3 is 0 Å². The highest BCUT2D eigenvalue weighted by Crippen LogP contribution is 2.40. The average Bonchev–Trinajstić information content (AvgIpc) is 2.64. The van der Waals surface area contributed by atoms with E-state index in [9.17, 15) is 12.8 Å². The van der Waals surface area contributed by atoms with Crippen molar-refractivity contribution in [1.29, 1.82) is 0 Å². The van der Waals surface area contributed by atoms with Gasteiger partial charge in [-0.3, -0.25) is 0 Å². The largest absolute Gasteiger partial charge is 0.381 e. The van der Waals surface area contributed by atoms with Crippen LogP contribution in [0.1, 0.15) is 18.4 Å². The van der Waals surface area contributed by atoms with Gasteiger partial charge in [0, 0.05) is 29.4 Å². The lowest BCUT2D eigenvalue weighted by Crippen LogP contribution is -2.44. The molecule has 3 rings (SSSR count). The molecule has 1 saturated heterocycles. The van der Waals surface area contributed by atoms with Gasteiger partial charge in [-0.2, -0.15) is 0 Å². The molecule has 0 radical (unpaired) electrons. The normalized spacial score (nSPS) is 17.1. The van der Waals surface area contributed by atoms with Crippen LogP contribution in [0.15, 0.2) is 59.5 Å². The van der Waals surface area contributed by atoms with Crippen LogP contribution in [-0.4, -0.2) is 32.9 Å². The van der Waals surface area contributed by atoms with Gasteiger partial charge in [0.05, 0.1) is 5.75 Å². The number of hydrogen-bond donors (Lipinski definition) is 1. The molecule has 0 aromatic heterocycles. The number of benzene rings is 2. The molecule has 2 aromatic carbocycles. The molecule has 1 aliphatic heterocycles. The predicted molar refractivity (Wildman–Crippen MR) is 102 cm³/mol. The van der Waals surface area contributed by atoms with Crippen molar-refractivity contribution in [2.45, 2.75) is 28.2 Å². The molecule has 1 N–H and O–H groups in total. The highest BCUT2D eigenvalue weighted by Gasteiger charge is 2.35. The molecule has 0 bridgehead atoms. The third kappa shape index (κ3) is 5.54. The lowest BCUT2D eigenvalue weighted by Gasteiger charge is -2.36. The second-order valence-corrected chi connectivity index (χ2v) is 9.77. The minimum absolute atomic E-state index is 0.157. The molecule has 0 saturated carbocycles. The number of hydrogen-bond acceptors (Lipinski definition) is 4. The van der Waals surface area contributed by atoms with E-state index in [0.29, 0.717) is 25.3 Å². The van der Waals surface area contributed by atoms with Crippen LogP contribution < -0.4 is 4.72 Å². The molecule has 4 nitrogen and oxygen atoms in total. The molecule has 0 atom stereocenters. The van der Waals surface area contributed by atoms with Gasteiger partial charge in [0.1, 0.15) is 5.82 Å². The third-order valence-corrected chi connectivity index (χ3v) is 7.16. The Morgan fingerprint density at radius 1 is 1.04 bits per heavy atom. The van der Waals surface area contributed by atoms with E-state index in [1.54, 1.807) is 11.8 Å². The predicted octanol–water partition coefficient (Wildman–Crippen LogP) is 3.59. The van der Waals surface area contributed by atoms with Crippen molar-refractivity contribution >= 4 is 21.8 Å². The molecule has 140 valence electrons. The van der Waals surface area contributed by atoms with Gasteiger partial charge in [0.15, 0.2) is 0 Å². The van der Waals surface area contributed by atoms with E-state index in [4.69, 9.17) is 4.74 Å². The molecule has 2 aromatic rings. The topological polar surface area (TPSA) is 55.4 Å². The maximum atomic E-state index is 13.0. The van der Waals surface area contributed by atoms with E-state index in [0.717, 1.165) is 17.7 Å². The maximum Gasteiger partial charge on any atom is 0.215 e. The SMILES string of the molecule is O=S(=O)(Cc1ccc(F)cc1)NCC1(Sc2ccccc2)CCOCC1. The Morgan fingerprint density at radius 3 is 2.35 bits per heavy atom. The van der Waals surface area contributed by atoms with Gasteiger partial charge in [-0.25, -0.2) is 17.5 Å². The molecule has 0 amide bonds. The van der Waals surface area contributed by atoms with Gasteiger partial charge in [0.2, 0.25) is 10.0 Å². The van der Waals surface area contributed by atoms with Crippen LogP contribution in [-0.2, 0) is 20.5 Å². The number of rotatable bonds is 7. The zero-order chi connectivity index (χ0) is 18.5. The van der Waals surface area contributed by atoms with E-state index < -0.39 is 10.0 Å². The summed E-state index contributed by atoms with van der Waals surface area (Å²) in [6, 6.07) is 15.5. The van der Waals surface area contributed by atoms with Gasteiger partial charge in [-0.15, -0.1) is 11.8 Å². The Bertz CT molecular complexity index is 804. The van der Waals surface area contributed by atoms with Crippen LogP contribution in [0.4, 0.5) is 4.39 Å². The zero-order valence-corrected chi connectivity index (χ0v) is 16.0. The minimum atomic E-state index is -3.50. The van der Waals surface area contributed by atoms with Crippen LogP contribution in [0, 0.1) is 5.82 Å². The molecule has 0 aliphatic carbocycles. The molecule has 26 heavy (non-hydrogen) atoms. The average molecular weight is 396 g/mol. The zero-order valence-electron chi connectivity index (χ0n) is 14.4. The summed E-state index contributed by atoms with van der Waals surface area (Å²) in [5.41, 5.74) is 0.565. The number of nitrogens with one attached hydrogen (secondary N) is 1. The van der Waals surface area contributed by atoms with Crippen molar-refractivity contribution in [3.63, 3.8) is 0 Å². The van der Waals surface area contributed by atoms with E-state index in [1.807, 2.05) is 30.3 Å². The molecule has 0 unspecified atom stereocenters. The summed E-state index contributed by atoms with van der Waals surface area (Å²) < 4.78 is 45.9. The Hall–Kier alpha value is -1.41. The molecule has 1 heterocycles. The first kappa shape index (κ1) is 19.4. The summed E-state index contributed by atoms with van der Waals surface area (Å²) in [5, 5.41) is 0. The Kier molecular flexibility index (Phi) is 6.34. The van der Waals surface area contributed by atoms with Crippen molar-refractivity contribution in [2.24, 2.45) is 0 Å². The smallest absolute Gasteiger partial charge is 0.215 e. The second kappa shape index (κ2) is 8.52. The van der Waals surface area contributed by atoms with E-state index in [2.05, 4.69) is 4.72 Å². The van der Waals surface area contributed by atoms with Gasteiger partial charge in [-0.05, 0) is 42.7 Å². The number of thioether (sulfide) groups is 1. The molecular weight excluding hydrogens is 373 g/mol. The quantitative estimate of drug-likeness (QED) is 0.778. The van der Waals surface area contributed by atoms with Crippen LogP contribution in [0.3, 0.4) is 0 Å². The minimum Gasteiger partial charge on any atom is -0.381 e. The standard InChI is InChI=1S/C19H22FNO3S2/c20-17-8-6-16(7-9-17)14-26(22,23)21-15-19(10-12-24-13-11-19)25-18-4-2-1-3-5-18/h1-9,21H,10-15H2. The lowest BCUT2D eigenvalue weighted by molar-refractivity contribution is 0.0784. The summed E-state index contributed by atoms with van der Waals surface area (Å²) in [6.07, 6.45) is 1.57. The summed E-state index contributed by atoms with van der Waals surface area (Å²) in [7, 11) is -3.50. The van der Waals surface area contributed by atoms with Crippen molar-refractivity contribution in [2.75, 3.05) is 19.8 Å². The number of sulfonamides is 1. The molecule has 0 spiro atoms. The highest BCUT2D eigenvalue weighted by molar-refractivity contribution is 8.00. The van der Waals surface area contributed by atoms with Crippen LogP contribution in [0.5, 0.6) is 0 Å². The van der Waals surface area contributed by atoms with E-state index in [1.165, 1.54) is 24.3 Å². The van der Waals surface area contributed by atoms with Crippen molar-refractivity contribution < 1.29 is 17.5 Å². The summed E-state index contributed by atoms with van der Waals surface area (Å²) in [6.45, 7) is 1.60.